The Labute approximate surface area is 188 Å². The van der Waals surface area contributed by atoms with Crippen LogP contribution < -0.4 is 0 Å². The first-order valence-corrected chi connectivity index (χ1v) is 13.5. The summed E-state index contributed by atoms with van der Waals surface area (Å²) in [4.78, 5) is 10.2. The van der Waals surface area contributed by atoms with Crippen LogP contribution in [-0.4, -0.2) is 17.9 Å². The van der Waals surface area contributed by atoms with E-state index in [0.29, 0.717) is 12.0 Å². The summed E-state index contributed by atoms with van der Waals surface area (Å²) in [6, 6.07) is 3.60. The first kappa shape index (κ1) is 27.6. The minimum absolute atomic E-state index is 0.240. The normalized spacial score (nSPS) is 11.7. The summed E-state index contributed by atoms with van der Waals surface area (Å²) in [7, 11) is -4.43. The lowest BCUT2D eigenvalue weighted by atomic mass is 10.0. The third-order valence-corrected chi connectivity index (χ3v) is 6.70. The van der Waals surface area contributed by atoms with E-state index in [4.69, 9.17) is 4.55 Å². The van der Waals surface area contributed by atoms with E-state index in [1.807, 2.05) is 0 Å². The van der Waals surface area contributed by atoms with Crippen molar-refractivity contribution < 1.29 is 17.9 Å². The fourth-order valence-electron chi connectivity index (χ4n) is 3.95. The Balaban J connectivity index is 2.06. The molecule has 31 heavy (non-hydrogen) atoms. The second kappa shape index (κ2) is 16.2. The van der Waals surface area contributed by atoms with Crippen LogP contribution in [0.3, 0.4) is 0 Å². The van der Waals surface area contributed by atoms with Crippen molar-refractivity contribution in [3.8, 4) is 0 Å². The van der Waals surface area contributed by atoms with Gasteiger partial charge in [0.05, 0.1) is 4.92 Å². The second-order valence-electron chi connectivity index (χ2n) is 8.58. The molecule has 0 saturated carbocycles. The summed E-state index contributed by atoms with van der Waals surface area (Å²) in [5.41, 5.74) is 0.277. The molecule has 0 radical (unpaired) electrons. The Morgan fingerprint density at radius 2 is 1.19 bits per heavy atom. The number of hydrogen-bond donors (Lipinski definition) is 1. The molecular formula is C24H41NO5S. The van der Waals surface area contributed by atoms with E-state index < -0.39 is 19.9 Å². The number of benzene rings is 1. The van der Waals surface area contributed by atoms with Gasteiger partial charge in [-0.25, -0.2) is 0 Å². The fourth-order valence-corrected chi connectivity index (χ4v) is 4.45. The van der Waals surface area contributed by atoms with Gasteiger partial charge in [-0.1, -0.05) is 109 Å². The molecule has 0 fully saturated rings. The molecule has 178 valence electrons. The van der Waals surface area contributed by atoms with Gasteiger partial charge in [0, 0.05) is 11.6 Å². The van der Waals surface area contributed by atoms with Crippen molar-refractivity contribution in [2.24, 2.45) is 0 Å². The number of nitrogens with zero attached hydrogens (tertiary/aromatic N) is 1. The molecule has 0 aromatic heterocycles. The Morgan fingerprint density at radius 3 is 1.58 bits per heavy atom. The molecule has 0 saturated heterocycles. The van der Waals surface area contributed by atoms with E-state index >= 15 is 0 Å². The van der Waals surface area contributed by atoms with Crippen LogP contribution in [0, 0.1) is 10.1 Å². The van der Waals surface area contributed by atoms with Crippen LogP contribution in [0.1, 0.15) is 115 Å². The number of aryl methyl sites for hydroxylation is 1. The minimum Gasteiger partial charge on any atom is -0.282 e. The number of rotatable bonds is 19. The molecule has 7 heteroatoms. The van der Waals surface area contributed by atoms with Gasteiger partial charge in [0.2, 0.25) is 0 Å². The third-order valence-electron chi connectivity index (χ3n) is 5.85. The van der Waals surface area contributed by atoms with Crippen molar-refractivity contribution in [2.75, 3.05) is 0 Å². The number of nitro groups is 1. The quantitative estimate of drug-likeness (QED) is 0.0999. The van der Waals surface area contributed by atoms with E-state index in [9.17, 15) is 18.5 Å². The molecule has 0 unspecified atom stereocenters. The smallest absolute Gasteiger partial charge is 0.282 e. The summed E-state index contributed by atoms with van der Waals surface area (Å²) >= 11 is 0. The van der Waals surface area contributed by atoms with Crippen LogP contribution in [0.4, 0.5) is 5.69 Å². The van der Waals surface area contributed by atoms with Gasteiger partial charge in [-0.2, -0.15) is 8.42 Å². The molecule has 0 aliphatic heterocycles. The van der Waals surface area contributed by atoms with Crippen LogP contribution in [0.15, 0.2) is 23.1 Å². The monoisotopic (exact) mass is 455 g/mol. The minimum atomic E-state index is -4.43. The predicted octanol–water partition coefficient (Wildman–Crippen LogP) is 7.65. The van der Waals surface area contributed by atoms with Crippen molar-refractivity contribution in [2.45, 2.75) is 121 Å². The van der Waals surface area contributed by atoms with Crippen LogP contribution in [0.5, 0.6) is 0 Å². The highest BCUT2D eigenvalue weighted by atomic mass is 32.2. The molecule has 6 nitrogen and oxygen atoms in total. The van der Waals surface area contributed by atoms with Gasteiger partial charge < -0.3 is 0 Å². The van der Waals surface area contributed by atoms with Crippen molar-refractivity contribution in [3.63, 3.8) is 0 Å². The highest BCUT2D eigenvalue weighted by Gasteiger charge is 2.19. The predicted molar refractivity (Wildman–Crippen MR) is 126 cm³/mol. The molecule has 0 aliphatic carbocycles. The maximum absolute atomic E-state index is 11.2. The Hall–Kier alpha value is -1.47. The molecule has 1 N–H and O–H groups in total. The van der Waals surface area contributed by atoms with E-state index in [0.717, 1.165) is 25.3 Å². The fraction of sp³-hybridized carbons (Fsp3) is 0.750. The van der Waals surface area contributed by atoms with E-state index in [-0.39, 0.29) is 5.69 Å². The number of hydrogen-bond acceptors (Lipinski definition) is 4. The average molecular weight is 456 g/mol. The highest BCUT2D eigenvalue weighted by molar-refractivity contribution is 7.85. The molecule has 1 aromatic rings. The average Bonchev–Trinajstić information content (AvgIpc) is 2.72. The standard InChI is InChI=1S/C24H41NO5S/c1-2-3-4-5-6-7-8-9-10-11-12-13-14-15-16-17-18-22-19-20-23(31(28,29)30)21-24(22)25(26)27/h19-21H,2-18H2,1H3,(H,28,29,30). The zero-order chi connectivity index (χ0) is 23.0. The first-order chi connectivity index (χ1) is 14.9. The Morgan fingerprint density at radius 1 is 0.774 bits per heavy atom. The summed E-state index contributed by atoms with van der Waals surface area (Å²) in [5, 5.41) is 11.2. The molecule has 1 rings (SSSR count). The largest absolute Gasteiger partial charge is 0.294 e. The molecule has 0 spiro atoms. The zero-order valence-electron chi connectivity index (χ0n) is 19.2. The SMILES string of the molecule is CCCCCCCCCCCCCCCCCCc1ccc(S(=O)(=O)O)cc1[N+](=O)[O-]. The second-order valence-corrected chi connectivity index (χ2v) is 10.00. The highest BCUT2D eigenvalue weighted by Crippen LogP contribution is 2.25. The number of nitro benzene ring substituents is 1. The van der Waals surface area contributed by atoms with E-state index in [2.05, 4.69) is 6.92 Å². The molecule has 0 bridgehead atoms. The summed E-state index contributed by atoms with van der Waals surface area (Å²) in [5.74, 6) is 0. The van der Waals surface area contributed by atoms with Crippen molar-refractivity contribution >= 4 is 15.8 Å². The van der Waals surface area contributed by atoms with Gasteiger partial charge >= 0.3 is 0 Å². The van der Waals surface area contributed by atoms with Gasteiger partial charge in [0.15, 0.2) is 0 Å². The van der Waals surface area contributed by atoms with Crippen molar-refractivity contribution in [1.82, 2.24) is 0 Å². The Kier molecular flexibility index (Phi) is 14.4. The summed E-state index contributed by atoms with van der Waals surface area (Å²) in [6.07, 6.45) is 20.9. The van der Waals surface area contributed by atoms with Gasteiger partial charge in [0.25, 0.3) is 15.8 Å². The van der Waals surface area contributed by atoms with Gasteiger partial charge in [0.1, 0.15) is 4.90 Å². The summed E-state index contributed by atoms with van der Waals surface area (Å²) in [6.45, 7) is 2.25. The van der Waals surface area contributed by atoms with Crippen LogP contribution in [0.2, 0.25) is 0 Å². The van der Waals surface area contributed by atoms with Crippen molar-refractivity contribution in [3.05, 3.63) is 33.9 Å². The maximum Gasteiger partial charge on any atom is 0.294 e. The Bertz CT molecular complexity index is 733. The molecule has 0 atom stereocenters. The molecular weight excluding hydrogens is 414 g/mol. The molecule has 1 aromatic carbocycles. The molecule has 0 aliphatic rings. The van der Waals surface area contributed by atoms with Gasteiger partial charge in [-0.05, 0) is 18.9 Å². The van der Waals surface area contributed by atoms with E-state index in [1.165, 1.54) is 95.6 Å². The lowest BCUT2D eigenvalue weighted by Crippen LogP contribution is -2.02. The lowest BCUT2D eigenvalue weighted by molar-refractivity contribution is -0.385. The van der Waals surface area contributed by atoms with Crippen molar-refractivity contribution in [1.29, 1.82) is 0 Å². The summed E-state index contributed by atoms with van der Waals surface area (Å²) < 4.78 is 31.4. The molecule has 0 heterocycles. The third kappa shape index (κ3) is 12.9. The van der Waals surface area contributed by atoms with Gasteiger partial charge in [-0.3, -0.25) is 14.7 Å². The van der Waals surface area contributed by atoms with Crippen LogP contribution in [0.25, 0.3) is 0 Å². The van der Waals surface area contributed by atoms with Crippen LogP contribution >= 0.6 is 0 Å². The zero-order valence-corrected chi connectivity index (χ0v) is 20.0. The maximum atomic E-state index is 11.2. The molecule has 0 amide bonds. The first-order valence-electron chi connectivity index (χ1n) is 12.1. The van der Waals surface area contributed by atoms with Gasteiger partial charge in [-0.15, -0.1) is 0 Å². The number of unbranched alkanes of at least 4 members (excludes halogenated alkanes) is 15. The van der Waals surface area contributed by atoms with Crippen LogP contribution in [-0.2, 0) is 16.5 Å². The van der Waals surface area contributed by atoms with E-state index in [1.54, 1.807) is 0 Å². The lowest BCUT2D eigenvalue weighted by Gasteiger charge is -2.06. The topological polar surface area (TPSA) is 97.5 Å².